The normalized spacial score (nSPS) is 26.6. The quantitative estimate of drug-likeness (QED) is 0.735. The first-order valence-corrected chi connectivity index (χ1v) is 10.3. The number of rotatable bonds is 3. The summed E-state index contributed by atoms with van der Waals surface area (Å²) < 4.78 is 5.66. The van der Waals surface area contributed by atoms with E-state index in [9.17, 15) is 9.59 Å². The molecule has 0 aromatic heterocycles. The van der Waals surface area contributed by atoms with Gasteiger partial charge in [0.15, 0.2) is 0 Å². The minimum absolute atomic E-state index is 0.141. The van der Waals surface area contributed by atoms with Crippen LogP contribution in [0.2, 0.25) is 0 Å². The Labute approximate surface area is 168 Å². The van der Waals surface area contributed by atoms with E-state index in [0.717, 1.165) is 11.1 Å². The second kappa shape index (κ2) is 7.09. The Morgan fingerprint density at radius 3 is 2.46 bits per heavy atom. The number of benzene rings is 2. The van der Waals surface area contributed by atoms with Crippen LogP contribution in [0, 0.1) is 12.3 Å². The second-order valence-corrected chi connectivity index (χ2v) is 8.37. The molecule has 0 radical (unpaired) electrons. The van der Waals surface area contributed by atoms with E-state index in [1.165, 1.54) is 11.9 Å². The first-order chi connectivity index (χ1) is 13.4. The molecule has 5 nitrogen and oxygen atoms in total. The molecule has 1 amide bonds. The molecule has 2 aliphatic heterocycles. The van der Waals surface area contributed by atoms with Crippen LogP contribution in [0.4, 0.5) is 5.69 Å². The monoisotopic (exact) mass is 394 g/mol. The first kappa shape index (κ1) is 18.7. The maximum Gasteiger partial charge on any atom is 0.302 e. The van der Waals surface area contributed by atoms with Gasteiger partial charge in [0.1, 0.15) is 11.5 Å². The summed E-state index contributed by atoms with van der Waals surface area (Å²) in [6, 6.07) is 17.6. The smallest absolute Gasteiger partial charge is 0.302 e. The SMILES string of the molecule is CC(=O)O[C@H]1CS[C@@H](c2ccc(C)cc2)[C@]12C(=O)N(c1ccccc1)N=C2C. The summed E-state index contributed by atoms with van der Waals surface area (Å²) in [4.78, 5) is 25.6. The van der Waals surface area contributed by atoms with Crippen molar-refractivity contribution in [2.75, 3.05) is 10.8 Å². The summed E-state index contributed by atoms with van der Waals surface area (Å²) in [5, 5.41) is 5.91. The minimum atomic E-state index is -0.999. The Morgan fingerprint density at radius 2 is 1.82 bits per heavy atom. The van der Waals surface area contributed by atoms with Gasteiger partial charge in [-0.1, -0.05) is 48.0 Å². The lowest BCUT2D eigenvalue weighted by Crippen LogP contribution is -2.50. The summed E-state index contributed by atoms with van der Waals surface area (Å²) in [5.41, 5.74) is 2.60. The van der Waals surface area contributed by atoms with Gasteiger partial charge in [0.2, 0.25) is 0 Å². The van der Waals surface area contributed by atoms with E-state index in [4.69, 9.17) is 4.74 Å². The van der Waals surface area contributed by atoms with Crippen LogP contribution in [0.25, 0.3) is 0 Å². The molecule has 0 bridgehead atoms. The van der Waals surface area contributed by atoms with Gasteiger partial charge in [-0.2, -0.15) is 10.1 Å². The lowest BCUT2D eigenvalue weighted by Gasteiger charge is -2.33. The number of ether oxygens (including phenoxy) is 1. The van der Waals surface area contributed by atoms with Gasteiger partial charge in [0, 0.05) is 12.7 Å². The van der Waals surface area contributed by atoms with Crippen LogP contribution >= 0.6 is 11.8 Å². The number of hydrazone groups is 1. The topological polar surface area (TPSA) is 59.0 Å². The Bertz CT molecular complexity index is 942. The molecule has 1 fully saturated rings. The van der Waals surface area contributed by atoms with E-state index >= 15 is 0 Å². The summed E-state index contributed by atoms with van der Waals surface area (Å²) in [5.74, 6) is 0.0330. The molecule has 1 spiro atoms. The number of anilines is 1. The predicted octanol–water partition coefficient (Wildman–Crippen LogP) is 4.12. The molecular weight excluding hydrogens is 372 g/mol. The van der Waals surface area contributed by atoms with Gasteiger partial charge in [0.05, 0.1) is 16.6 Å². The van der Waals surface area contributed by atoms with Gasteiger partial charge >= 0.3 is 5.97 Å². The molecule has 2 heterocycles. The van der Waals surface area contributed by atoms with Crippen LogP contribution in [-0.2, 0) is 14.3 Å². The third-order valence-corrected chi connectivity index (χ3v) is 6.89. The number of hydrogen-bond acceptors (Lipinski definition) is 5. The zero-order chi connectivity index (χ0) is 19.9. The van der Waals surface area contributed by atoms with Crippen molar-refractivity contribution in [3.05, 3.63) is 65.7 Å². The Hall–Kier alpha value is -2.60. The first-order valence-electron chi connectivity index (χ1n) is 9.25. The van der Waals surface area contributed by atoms with Crippen LogP contribution in [0.1, 0.15) is 30.2 Å². The molecule has 3 atom stereocenters. The van der Waals surface area contributed by atoms with Crippen LogP contribution in [-0.4, -0.2) is 29.4 Å². The van der Waals surface area contributed by atoms with E-state index < -0.39 is 11.5 Å². The Balaban J connectivity index is 1.82. The molecule has 4 rings (SSSR count). The highest BCUT2D eigenvalue weighted by Crippen LogP contribution is 2.58. The zero-order valence-corrected chi connectivity index (χ0v) is 16.9. The van der Waals surface area contributed by atoms with Crippen molar-refractivity contribution in [2.45, 2.75) is 32.1 Å². The van der Waals surface area contributed by atoms with E-state index in [1.807, 2.05) is 56.3 Å². The fraction of sp³-hybridized carbons (Fsp3) is 0.318. The molecule has 0 unspecified atom stereocenters. The number of para-hydroxylation sites is 1. The highest BCUT2D eigenvalue weighted by atomic mass is 32.2. The van der Waals surface area contributed by atoms with E-state index in [-0.39, 0.29) is 17.1 Å². The average Bonchev–Trinajstić information content (AvgIpc) is 3.17. The summed E-state index contributed by atoms with van der Waals surface area (Å²) >= 11 is 1.65. The van der Waals surface area contributed by atoms with Gasteiger partial charge < -0.3 is 4.74 Å². The summed E-state index contributed by atoms with van der Waals surface area (Å²) in [7, 11) is 0. The molecular formula is C22H22N2O3S. The number of aryl methyl sites for hydroxylation is 1. The fourth-order valence-corrected chi connectivity index (χ4v) is 5.80. The average molecular weight is 394 g/mol. The lowest BCUT2D eigenvalue weighted by atomic mass is 9.73. The molecule has 28 heavy (non-hydrogen) atoms. The molecule has 1 saturated heterocycles. The number of thioether (sulfide) groups is 1. The number of carbonyl (C=O) groups is 2. The number of hydrogen-bond donors (Lipinski definition) is 0. The van der Waals surface area contributed by atoms with E-state index in [1.54, 1.807) is 11.8 Å². The molecule has 144 valence electrons. The molecule has 2 aliphatic rings. The van der Waals surface area contributed by atoms with E-state index in [2.05, 4.69) is 17.2 Å². The maximum absolute atomic E-state index is 13.8. The largest absolute Gasteiger partial charge is 0.460 e. The zero-order valence-electron chi connectivity index (χ0n) is 16.1. The number of nitrogens with zero attached hydrogens (tertiary/aromatic N) is 2. The van der Waals surface area contributed by atoms with Gasteiger partial charge in [-0.3, -0.25) is 9.59 Å². The van der Waals surface area contributed by atoms with Crippen LogP contribution in [0.15, 0.2) is 59.7 Å². The standard InChI is InChI=1S/C22H22N2O3S/c1-14-9-11-17(12-10-14)20-22(19(13-28-20)27-16(3)25)15(2)23-24(21(22)26)18-7-5-4-6-8-18/h4-12,19-20H,13H2,1-3H3/t19-,20-,22+/m0/s1. The van der Waals surface area contributed by atoms with Crippen molar-refractivity contribution in [1.82, 2.24) is 0 Å². The predicted molar refractivity (Wildman–Crippen MR) is 111 cm³/mol. The molecule has 2 aromatic carbocycles. The number of esters is 1. The van der Waals surface area contributed by atoms with Crippen molar-refractivity contribution in [3.63, 3.8) is 0 Å². The number of amides is 1. The Kier molecular flexibility index (Phi) is 4.75. The Morgan fingerprint density at radius 1 is 1.14 bits per heavy atom. The van der Waals surface area contributed by atoms with Crippen LogP contribution < -0.4 is 5.01 Å². The van der Waals surface area contributed by atoms with Crippen molar-refractivity contribution in [1.29, 1.82) is 0 Å². The van der Waals surface area contributed by atoms with Gasteiger partial charge in [-0.05, 0) is 31.5 Å². The third kappa shape index (κ3) is 2.83. The molecule has 0 saturated carbocycles. The minimum Gasteiger partial charge on any atom is -0.460 e. The van der Waals surface area contributed by atoms with E-state index in [0.29, 0.717) is 17.2 Å². The lowest BCUT2D eigenvalue weighted by molar-refractivity contribution is -0.151. The second-order valence-electron chi connectivity index (χ2n) is 7.23. The highest BCUT2D eigenvalue weighted by molar-refractivity contribution is 8.00. The molecule has 6 heteroatoms. The fourth-order valence-electron chi connectivity index (χ4n) is 4.07. The maximum atomic E-state index is 13.8. The molecule has 0 N–H and O–H groups in total. The summed E-state index contributed by atoms with van der Waals surface area (Å²) in [6.45, 7) is 5.29. The van der Waals surface area contributed by atoms with Crippen LogP contribution in [0.3, 0.4) is 0 Å². The van der Waals surface area contributed by atoms with Gasteiger partial charge in [-0.15, -0.1) is 11.8 Å². The number of carbonyl (C=O) groups excluding carboxylic acids is 2. The van der Waals surface area contributed by atoms with Gasteiger partial charge in [0.25, 0.3) is 5.91 Å². The van der Waals surface area contributed by atoms with Gasteiger partial charge in [-0.25, -0.2) is 0 Å². The van der Waals surface area contributed by atoms with Crippen molar-refractivity contribution in [2.24, 2.45) is 10.5 Å². The third-order valence-electron chi connectivity index (χ3n) is 5.42. The summed E-state index contributed by atoms with van der Waals surface area (Å²) in [6.07, 6.45) is -0.550. The highest BCUT2D eigenvalue weighted by Gasteiger charge is 2.65. The van der Waals surface area contributed by atoms with Crippen molar-refractivity contribution >= 4 is 35.0 Å². The van der Waals surface area contributed by atoms with Crippen molar-refractivity contribution in [3.8, 4) is 0 Å². The molecule has 2 aromatic rings. The van der Waals surface area contributed by atoms with Crippen LogP contribution in [0.5, 0.6) is 0 Å². The van der Waals surface area contributed by atoms with Crippen molar-refractivity contribution < 1.29 is 14.3 Å². The molecule has 0 aliphatic carbocycles.